The quantitative estimate of drug-likeness (QED) is 0.0350. The van der Waals surface area contributed by atoms with E-state index in [-0.39, 0.29) is 25.2 Å². The lowest BCUT2D eigenvalue weighted by Crippen LogP contribution is -2.30. The predicted octanol–water partition coefficient (Wildman–Crippen LogP) is 15.8. The third-order valence-electron chi connectivity index (χ3n) is 10.0. The number of hydrogen-bond acceptors (Lipinski definition) is 5. The molecule has 1 atom stereocenters. The Bertz CT molecular complexity index is 977. The molecule has 0 rings (SSSR count). The summed E-state index contributed by atoms with van der Waals surface area (Å²) in [5, 5.41) is 0. The molecule has 5 heteroatoms. The Morgan fingerprint density at radius 1 is 0.411 bits per heavy atom. The van der Waals surface area contributed by atoms with E-state index in [0.29, 0.717) is 19.4 Å². The molecule has 0 radical (unpaired) electrons. The molecule has 0 spiro atoms. The summed E-state index contributed by atoms with van der Waals surface area (Å²) >= 11 is 0. The molecule has 0 fully saturated rings. The number of rotatable bonds is 43. The fourth-order valence-corrected chi connectivity index (χ4v) is 6.43. The Morgan fingerprint density at radius 3 is 1.30 bits per heavy atom. The van der Waals surface area contributed by atoms with Crippen molar-refractivity contribution in [2.24, 2.45) is 0 Å². The first-order valence-corrected chi connectivity index (χ1v) is 23.8. The van der Waals surface area contributed by atoms with Crippen molar-refractivity contribution in [1.29, 1.82) is 0 Å². The van der Waals surface area contributed by atoms with Gasteiger partial charge in [-0.05, 0) is 89.9 Å². The fourth-order valence-electron chi connectivity index (χ4n) is 6.43. The van der Waals surface area contributed by atoms with Crippen LogP contribution in [0.1, 0.15) is 226 Å². The maximum Gasteiger partial charge on any atom is 0.306 e. The Hall–Kier alpha value is -2.40. The highest BCUT2D eigenvalue weighted by molar-refractivity contribution is 5.70. The number of allylic oxidation sites excluding steroid dienone is 10. The van der Waals surface area contributed by atoms with E-state index < -0.39 is 6.10 Å². The Morgan fingerprint density at radius 2 is 0.804 bits per heavy atom. The van der Waals surface area contributed by atoms with Crippen molar-refractivity contribution < 1.29 is 23.8 Å². The summed E-state index contributed by atoms with van der Waals surface area (Å²) in [5.41, 5.74) is 0. The van der Waals surface area contributed by atoms with Gasteiger partial charge in [0.25, 0.3) is 0 Å². The summed E-state index contributed by atoms with van der Waals surface area (Å²) in [5.74, 6) is -0.422. The fraction of sp³-hybridized carbons (Fsp3) is 0.765. The lowest BCUT2D eigenvalue weighted by Gasteiger charge is -2.18. The molecular weight excluding hydrogens is 693 g/mol. The van der Waals surface area contributed by atoms with Crippen molar-refractivity contribution in [3.8, 4) is 0 Å². The Balaban J connectivity index is 4.25. The maximum absolute atomic E-state index is 12.7. The molecule has 0 amide bonds. The second-order valence-corrected chi connectivity index (χ2v) is 15.6. The molecule has 0 N–H and O–H groups in total. The highest BCUT2D eigenvalue weighted by Gasteiger charge is 2.17. The summed E-state index contributed by atoms with van der Waals surface area (Å²) in [4.78, 5) is 25.3. The van der Waals surface area contributed by atoms with Gasteiger partial charge in [-0.1, -0.05) is 184 Å². The SMILES string of the molecule is CC/C=C\C/C=C\C/C=C\CCCCCCCCCC(=O)OCC(COCCCCCCCC/C=C\CCCC)OC(=O)CCCCCCC/C=C\CCCC. The van der Waals surface area contributed by atoms with Crippen LogP contribution >= 0.6 is 0 Å². The molecule has 0 aromatic heterocycles. The van der Waals surface area contributed by atoms with Crippen molar-refractivity contribution in [1.82, 2.24) is 0 Å². The highest BCUT2D eigenvalue weighted by atomic mass is 16.6. The van der Waals surface area contributed by atoms with Gasteiger partial charge in [-0.15, -0.1) is 0 Å². The third kappa shape index (κ3) is 44.3. The zero-order valence-electron chi connectivity index (χ0n) is 37.1. The molecule has 56 heavy (non-hydrogen) atoms. The summed E-state index contributed by atoms with van der Waals surface area (Å²) in [7, 11) is 0. The molecule has 5 nitrogen and oxygen atoms in total. The molecule has 0 aliphatic rings. The number of hydrogen-bond donors (Lipinski definition) is 0. The molecule has 0 aromatic carbocycles. The molecule has 0 aromatic rings. The lowest BCUT2D eigenvalue weighted by atomic mass is 10.1. The number of unbranched alkanes of at least 4 members (excludes halogenated alkanes) is 22. The third-order valence-corrected chi connectivity index (χ3v) is 10.0. The van der Waals surface area contributed by atoms with Crippen molar-refractivity contribution in [3.05, 3.63) is 60.8 Å². The van der Waals surface area contributed by atoms with Gasteiger partial charge in [0.05, 0.1) is 6.61 Å². The minimum absolute atomic E-state index is 0.0737. The molecule has 324 valence electrons. The van der Waals surface area contributed by atoms with Crippen molar-refractivity contribution in [2.45, 2.75) is 232 Å². The monoisotopic (exact) mass is 783 g/mol. The molecule has 0 saturated heterocycles. The number of carbonyl (C=O) groups is 2. The van der Waals surface area contributed by atoms with Gasteiger partial charge in [0.2, 0.25) is 0 Å². The van der Waals surface area contributed by atoms with Crippen molar-refractivity contribution in [2.75, 3.05) is 19.8 Å². The zero-order valence-corrected chi connectivity index (χ0v) is 37.1. The van der Waals surface area contributed by atoms with E-state index in [9.17, 15) is 9.59 Å². The topological polar surface area (TPSA) is 61.8 Å². The molecule has 0 aliphatic heterocycles. The molecule has 1 unspecified atom stereocenters. The van der Waals surface area contributed by atoms with Crippen LogP contribution in [0.5, 0.6) is 0 Å². The largest absolute Gasteiger partial charge is 0.462 e. The number of esters is 2. The normalized spacial score (nSPS) is 12.7. The van der Waals surface area contributed by atoms with Gasteiger partial charge in [0.15, 0.2) is 6.10 Å². The first-order valence-electron chi connectivity index (χ1n) is 23.8. The predicted molar refractivity (Wildman–Crippen MR) is 242 cm³/mol. The average molecular weight is 783 g/mol. The Labute approximate surface area is 347 Å². The van der Waals surface area contributed by atoms with E-state index in [1.165, 1.54) is 109 Å². The van der Waals surface area contributed by atoms with Gasteiger partial charge in [-0.25, -0.2) is 0 Å². The Kier molecular flexibility index (Phi) is 45.0. The van der Waals surface area contributed by atoms with Crippen molar-refractivity contribution >= 4 is 11.9 Å². The second kappa shape index (κ2) is 47.0. The van der Waals surface area contributed by atoms with Gasteiger partial charge in [-0.2, -0.15) is 0 Å². The van der Waals surface area contributed by atoms with Crippen LogP contribution in [-0.4, -0.2) is 37.9 Å². The molecule has 0 bridgehead atoms. The standard InChI is InChI=1S/C51H90O5/c1-4-7-10-13-16-19-22-24-25-26-27-28-30-32-35-38-41-44-50(52)55-48-49(47-54-46-43-40-37-34-31-23-20-17-14-11-8-5-2)56-51(53)45-42-39-36-33-29-21-18-15-12-9-6-3/h7,10,14-19,24-25,49H,4-6,8-9,11-13,20-23,26-48H2,1-3H3/b10-7-,17-14-,18-15-,19-16-,25-24-. The van der Waals surface area contributed by atoms with Crippen LogP contribution in [0.15, 0.2) is 60.8 Å². The van der Waals surface area contributed by atoms with Crippen molar-refractivity contribution in [3.63, 3.8) is 0 Å². The number of ether oxygens (including phenoxy) is 3. The van der Waals surface area contributed by atoms with E-state index in [1.807, 2.05) is 0 Å². The van der Waals surface area contributed by atoms with E-state index in [4.69, 9.17) is 14.2 Å². The van der Waals surface area contributed by atoms with Crippen LogP contribution in [0, 0.1) is 0 Å². The van der Waals surface area contributed by atoms with Gasteiger partial charge in [0.1, 0.15) is 6.61 Å². The van der Waals surface area contributed by atoms with Gasteiger partial charge in [-0.3, -0.25) is 9.59 Å². The minimum Gasteiger partial charge on any atom is -0.462 e. The van der Waals surface area contributed by atoms with Gasteiger partial charge in [0, 0.05) is 19.4 Å². The van der Waals surface area contributed by atoms with E-state index in [2.05, 4.69) is 81.5 Å². The summed E-state index contributed by atoms with van der Waals surface area (Å²) in [6, 6.07) is 0. The molecule has 0 saturated carbocycles. The maximum atomic E-state index is 12.7. The van der Waals surface area contributed by atoms with Gasteiger partial charge < -0.3 is 14.2 Å². The van der Waals surface area contributed by atoms with E-state index >= 15 is 0 Å². The molecule has 0 aliphatic carbocycles. The first kappa shape index (κ1) is 53.6. The molecular formula is C51H90O5. The van der Waals surface area contributed by atoms with Crippen LogP contribution in [0.25, 0.3) is 0 Å². The smallest absolute Gasteiger partial charge is 0.306 e. The summed E-state index contributed by atoms with van der Waals surface area (Å²) in [6.45, 7) is 7.62. The highest BCUT2D eigenvalue weighted by Crippen LogP contribution is 2.13. The van der Waals surface area contributed by atoms with Crippen LogP contribution < -0.4 is 0 Å². The zero-order chi connectivity index (χ0) is 40.7. The first-order chi connectivity index (χ1) is 27.6. The minimum atomic E-state index is -0.546. The summed E-state index contributed by atoms with van der Waals surface area (Å²) in [6.07, 6.45) is 57.9. The van der Waals surface area contributed by atoms with E-state index in [1.54, 1.807) is 0 Å². The summed E-state index contributed by atoms with van der Waals surface area (Å²) < 4.78 is 17.3. The van der Waals surface area contributed by atoms with E-state index in [0.717, 1.165) is 83.5 Å². The lowest BCUT2D eigenvalue weighted by molar-refractivity contribution is -0.163. The average Bonchev–Trinajstić information content (AvgIpc) is 3.20. The van der Waals surface area contributed by atoms with Crippen LogP contribution in [0.2, 0.25) is 0 Å². The second-order valence-electron chi connectivity index (χ2n) is 15.6. The van der Waals surface area contributed by atoms with Crippen LogP contribution in [-0.2, 0) is 23.8 Å². The number of carbonyl (C=O) groups excluding carboxylic acids is 2. The van der Waals surface area contributed by atoms with Gasteiger partial charge >= 0.3 is 11.9 Å². The van der Waals surface area contributed by atoms with Crippen LogP contribution in [0.3, 0.4) is 0 Å². The molecule has 0 heterocycles. The van der Waals surface area contributed by atoms with Crippen LogP contribution in [0.4, 0.5) is 0 Å².